The average Bonchev–Trinajstić information content (AvgIpc) is 2.72. The third kappa shape index (κ3) is 4.95. The van der Waals surface area contributed by atoms with Crippen molar-refractivity contribution in [2.75, 3.05) is 37.0 Å². The molecule has 0 aromatic carbocycles. The lowest BCUT2D eigenvalue weighted by atomic mass is 10.00. The molecule has 1 aliphatic rings. The molecule has 0 spiro atoms. The predicted molar refractivity (Wildman–Crippen MR) is 111 cm³/mol. The van der Waals surface area contributed by atoms with Crippen LogP contribution < -0.4 is 15.1 Å². The smallest absolute Gasteiger partial charge is 0.227 e. The Morgan fingerprint density at radius 1 is 1.15 bits per heavy atom. The van der Waals surface area contributed by atoms with E-state index >= 15 is 0 Å². The van der Waals surface area contributed by atoms with Gasteiger partial charge in [0.2, 0.25) is 5.95 Å². The van der Waals surface area contributed by atoms with Gasteiger partial charge < -0.3 is 15.1 Å². The average molecular weight is 369 g/mol. The Morgan fingerprint density at radius 3 is 2.44 bits per heavy atom. The third-order valence-corrected chi connectivity index (χ3v) is 5.29. The summed E-state index contributed by atoms with van der Waals surface area (Å²) >= 11 is 0. The number of aryl methyl sites for hydroxylation is 1. The largest absolute Gasteiger partial charge is 0.356 e. The Bertz CT molecular complexity index is 710. The summed E-state index contributed by atoms with van der Waals surface area (Å²) in [6, 6.07) is 7.32. The highest BCUT2D eigenvalue weighted by Crippen LogP contribution is 2.24. The molecule has 1 saturated heterocycles. The summed E-state index contributed by atoms with van der Waals surface area (Å²) in [4.78, 5) is 17.9. The van der Waals surface area contributed by atoms with E-state index in [2.05, 4.69) is 52.2 Å². The van der Waals surface area contributed by atoms with Crippen molar-refractivity contribution in [3.8, 4) is 0 Å². The standard InChI is InChI=1S/C21H32N6/c1-5-17-15-20(25-21(24-17)26(3)4)27-13-9-18(10-14-27)23-19(6-2)16-7-11-22-12-8-16/h7-8,11-12,15,18-19,23H,5-6,9-10,13-14H2,1-4H3. The van der Waals surface area contributed by atoms with Crippen LogP contribution in [0.1, 0.15) is 50.4 Å². The number of piperidine rings is 1. The molecule has 27 heavy (non-hydrogen) atoms. The zero-order valence-electron chi connectivity index (χ0n) is 17.0. The van der Waals surface area contributed by atoms with E-state index in [0.29, 0.717) is 12.1 Å². The van der Waals surface area contributed by atoms with Crippen molar-refractivity contribution in [1.29, 1.82) is 0 Å². The van der Waals surface area contributed by atoms with Gasteiger partial charge in [-0.25, -0.2) is 4.98 Å². The summed E-state index contributed by atoms with van der Waals surface area (Å²) in [5.74, 6) is 1.86. The first-order valence-corrected chi connectivity index (χ1v) is 10.1. The lowest BCUT2D eigenvalue weighted by Crippen LogP contribution is -2.44. The van der Waals surface area contributed by atoms with E-state index in [9.17, 15) is 0 Å². The summed E-state index contributed by atoms with van der Waals surface area (Å²) in [6.07, 6.45) is 8.03. The van der Waals surface area contributed by atoms with E-state index in [0.717, 1.165) is 56.2 Å². The first kappa shape index (κ1) is 19.5. The molecular weight excluding hydrogens is 336 g/mol. The molecule has 1 atom stereocenters. The molecule has 0 radical (unpaired) electrons. The molecule has 1 unspecified atom stereocenters. The number of hydrogen-bond donors (Lipinski definition) is 1. The normalized spacial score (nSPS) is 16.4. The van der Waals surface area contributed by atoms with Crippen molar-refractivity contribution >= 4 is 11.8 Å². The van der Waals surface area contributed by atoms with Crippen LogP contribution in [0.4, 0.5) is 11.8 Å². The molecular formula is C21H32N6. The monoisotopic (exact) mass is 368 g/mol. The zero-order chi connectivity index (χ0) is 19.2. The molecule has 146 valence electrons. The van der Waals surface area contributed by atoms with Crippen molar-refractivity contribution < 1.29 is 0 Å². The van der Waals surface area contributed by atoms with E-state index in [4.69, 9.17) is 4.98 Å². The van der Waals surface area contributed by atoms with E-state index in [-0.39, 0.29) is 0 Å². The summed E-state index contributed by atoms with van der Waals surface area (Å²) < 4.78 is 0. The Kier molecular flexibility index (Phi) is 6.61. The Hall–Kier alpha value is -2.21. The van der Waals surface area contributed by atoms with Gasteiger partial charge in [0.1, 0.15) is 5.82 Å². The van der Waals surface area contributed by atoms with Gasteiger partial charge in [-0.2, -0.15) is 4.98 Å². The minimum Gasteiger partial charge on any atom is -0.356 e. The minimum absolute atomic E-state index is 0.399. The van der Waals surface area contributed by atoms with Gasteiger partial charge in [-0.3, -0.25) is 4.98 Å². The maximum atomic E-state index is 4.77. The molecule has 1 N–H and O–H groups in total. The van der Waals surface area contributed by atoms with Crippen LogP contribution in [-0.4, -0.2) is 48.2 Å². The molecule has 0 saturated carbocycles. The molecule has 0 bridgehead atoms. The quantitative estimate of drug-likeness (QED) is 0.810. The van der Waals surface area contributed by atoms with E-state index in [1.165, 1.54) is 5.56 Å². The Balaban J connectivity index is 1.62. The van der Waals surface area contributed by atoms with Gasteiger partial charge in [0, 0.05) is 63.4 Å². The maximum absolute atomic E-state index is 4.77. The fraction of sp³-hybridized carbons (Fsp3) is 0.571. The van der Waals surface area contributed by atoms with Gasteiger partial charge >= 0.3 is 0 Å². The Labute approximate surface area is 163 Å². The summed E-state index contributed by atoms with van der Waals surface area (Å²) in [7, 11) is 4.00. The lowest BCUT2D eigenvalue weighted by Gasteiger charge is -2.35. The fourth-order valence-electron chi connectivity index (χ4n) is 3.62. The summed E-state index contributed by atoms with van der Waals surface area (Å²) in [5.41, 5.74) is 2.43. The minimum atomic E-state index is 0.399. The second-order valence-corrected chi connectivity index (χ2v) is 7.43. The molecule has 2 aromatic heterocycles. The SMILES string of the molecule is CCc1cc(N2CCC(NC(CC)c3ccncc3)CC2)nc(N(C)C)n1. The second-order valence-electron chi connectivity index (χ2n) is 7.43. The van der Waals surface area contributed by atoms with Gasteiger partial charge in [0.25, 0.3) is 0 Å². The second kappa shape index (κ2) is 9.13. The molecule has 1 fully saturated rings. The number of nitrogens with one attached hydrogen (secondary N) is 1. The Morgan fingerprint density at radius 2 is 1.85 bits per heavy atom. The van der Waals surface area contributed by atoms with E-state index in [1.807, 2.05) is 31.4 Å². The van der Waals surface area contributed by atoms with Crippen molar-refractivity contribution in [2.45, 2.75) is 51.6 Å². The fourth-order valence-corrected chi connectivity index (χ4v) is 3.62. The number of aromatic nitrogens is 3. The molecule has 3 rings (SSSR count). The van der Waals surface area contributed by atoms with Gasteiger partial charge in [-0.1, -0.05) is 13.8 Å². The number of pyridine rings is 1. The number of anilines is 2. The van der Waals surface area contributed by atoms with Crippen LogP contribution in [0, 0.1) is 0 Å². The highest BCUT2D eigenvalue weighted by molar-refractivity contribution is 5.46. The molecule has 6 heteroatoms. The van der Waals surface area contributed by atoms with Crippen molar-refractivity contribution in [3.63, 3.8) is 0 Å². The van der Waals surface area contributed by atoms with Crippen LogP contribution in [0.5, 0.6) is 0 Å². The summed E-state index contributed by atoms with van der Waals surface area (Å²) in [5, 5.41) is 3.85. The number of rotatable bonds is 7. The van der Waals surface area contributed by atoms with Gasteiger partial charge in [0.15, 0.2) is 0 Å². The van der Waals surface area contributed by atoms with Crippen LogP contribution >= 0.6 is 0 Å². The number of nitrogens with zero attached hydrogens (tertiary/aromatic N) is 5. The van der Waals surface area contributed by atoms with E-state index < -0.39 is 0 Å². The molecule has 3 heterocycles. The first-order chi connectivity index (χ1) is 13.1. The van der Waals surface area contributed by atoms with Crippen molar-refractivity contribution in [1.82, 2.24) is 20.3 Å². The maximum Gasteiger partial charge on any atom is 0.227 e. The van der Waals surface area contributed by atoms with Gasteiger partial charge in [-0.15, -0.1) is 0 Å². The summed E-state index contributed by atoms with van der Waals surface area (Å²) in [6.45, 7) is 6.43. The molecule has 6 nitrogen and oxygen atoms in total. The van der Waals surface area contributed by atoms with Crippen molar-refractivity contribution in [3.05, 3.63) is 41.9 Å². The zero-order valence-corrected chi connectivity index (χ0v) is 17.0. The number of hydrogen-bond acceptors (Lipinski definition) is 6. The highest BCUT2D eigenvalue weighted by Gasteiger charge is 2.23. The topological polar surface area (TPSA) is 57.2 Å². The van der Waals surface area contributed by atoms with Crippen LogP contribution in [0.3, 0.4) is 0 Å². The molecule has 0 amide bonds. The van der Waals surface area contributed by atoms with E-state index in [1.54, 1.807) is 0 Å². The third-order valence-electron chi connectivity index (χ3n) is 5.29. The van der Waals surface area contributed by atoms with Crippen LogP contribution in [0.25, 0.3) is 0 Å². The predicted octanol–water partition coefficient (Wildman–Crippen LogP) is 3.21. The molecule has 1 aliphatic heterocycles. The molecule has 0 aliphatic carbocycles. The van der Waals surface area contributed by atoms with Gasteiger partial charge in [0.05, 0.1) is 0 Å². The lowest BCUT2D eigenvalue weighted by molar-refractivity contribution is 0.363. The van der Waals surface area contributed by atoms with Crippen molar-refractivity contribution in [2.24, 2.45) is 0 Å². The van der Waals surface area contributed by atoms with Crippen LogP contribution in [0.2, 0.25) is 0 Å². The first-order valence-electron chi connectivity index (χ1n) is 10.1. The van der Waals surface area contributed by atoms with Crippen LogP contribution in [0.15, 0.2) is 30.6 Å². The highest BCUT2D eigenvalue weighted by atomic mass is 15.3. The van der Waals surface area contributed by atoms with Crippen LogP contribution in [-0.2, 0) is 6.42 Å². The molecule has 2 aromatic rings. The van der Waals surface area contributed by atoms with Gasteiger partial charge in [-0.05, 0) is 43.4 Å².